The summed E-state index contributed by atoms with van der Waals surface area (Å²) >= 11 is 0. The van der Waals surface area contributed by atoms with Crippen molar-refractivity contribution in [1.29, 1.82) is 0 Å². The first-order valence-electron chi connectivity index (χ1n) is 9.78. The number of aliphatic hydroxyl groups excluding tert-OH is 1. The third kappa shape index (κ3) is 6.76. The highest BCUT2D eigenvalue weighted by Gasteiger charge is 2.29. The van der Waals surface area contributed by atoms with Crippen LogP contribution in [0.4, 0.5) is 4.79 Å². The molecule has 0 aromatic carbocycles. The topological polar surface area (TPSA) is 65.0 Å². The predicted molar refractivity (Wildman–Crippen MR) is 99.7 cm³/mol. The van der Waals surface area contributed by atoms with Gasteiger partial charge in [-0.15, -0.1) is 0 Å². The minimum absolute atomic E-state index is 0.141. The normalized spacial score (nSPS) is 28.6. The zero-order chi connectivity index (χ0) is 18.6. The molecule has 3 atom stereocenters. The van der Waals surface area contributed by atoms with Gasteiger partial charge in [-0.1, -0.05) is 6.92 Å². The Bertz CT molecular complexity index is 430. The number of carbonyl (C=O) groups is 1. The summed E-state index contributed by atoms with van der Waals surface area (Å²) in [6.45, 7) is 15.1. The molecule has 0 aliphatic carbocycles. The van der Waals surface area contributed by atoms with Crippen molar-refractivity contribution in [3.8, 4) is 0 Å². The number of rotatable bonds is 4. The molecule has 6 heteroatoms. The van der Waals surface area contributed by atoms with E-state index in [-0.39, 0.29) is 18.2 Å². The van der Waals surface area contributed by atoms with E-state index in [9.17, 15) is 9.90 Å². The van der Waals surface area contributed by atoms with Crippen molar-refractivity contribution >= 4 is 6.09 Å². The van der Waals surface area contributed by atoms with E-state index >= 15 is 0 Å². The molecule has 2 heterocycles. The highest BCUT2D eigenvalue weighted by atomic mass is 16.6. The fraction of sp³-hybridized carbons (Fsp3) is 0.947. The maximum atomic E-state index is 11.9. The van der Waals surface area contributed by atoms with Crippen LogP contribution in [0.15, 0.2) is 0 Å². The van der Waals surface area contributed by atoms with Gasteiger partial charge in [0.25, 0.3) is 0 Å². The monoisotopic (exact) mass is 355 g/mol. The van der Waals surface area contributed by atoms with Crippen LogP contribution in [0.25, 0.3) is 0 Å². The molecule has 1 amide bonds. The van der Waals surface area contributed by atoms with Gasteiger partial charge < -0.3 is 20.1 Å². The number of aliphatic hydroxyl groups is 1. The van der Waals surface area contributed by atoms with Crippen LogP contribution in [-0.4, -0.2) is 77.5 Å². The van der Waals surface area contributed by atoms with E-state index in [2.05, 4.69) is 29.0 Å². The molecule has 2 fully saturated rings. The lowest BCUT2D eigenvalue weighted by Crippen LogP contribution is -2.52. The second-order valence-electron chi connectivity index (χ2n) is 8.90. The van der Waals surface area contributed by atoms with E-state index in [1.165, 1.54) is 0 Å². The Labute approximate surface area is 152 Å². The van der Waals surface area contributed by atoms with Crippen LogP contribution in [0.1, 0.15) is 53.9 Å². The van der Waals surface area contributed by atoms with Crippen molar-refractivity contribution < 1.29 is 14.6 Å². The molecule has 2 rings (SSSR count). The average Bonchev–Trinajstić information content (AvgIpc) is 2.50. The molecule has 6 nitrogen and oxygen atoms in total. The first kappa shape index (κ1) is 20.5. The summed E-state index contributed by atoms with van der Waals surface area (Å²) in [5.74, 6) is 0.361. The number of nitrogens with one attached hydrogen (secondary N) is 1. The first-order chi connectivity index (χ1) is 11.6. The Hall–Kier alpha value is -0.850. The Morgan fingerprint density at radius 2 is 1.88 bits per heavy atom. The largest absolute Gasteiger partial charge is 0.444 e. The van der Waals surface area contributed by atoms with Crippen molar-refractivity contribution in [1.82, 2.24) is 15.1 Å². The molecular formula is C19H37N3O3. The highest BCUT2D eigenvalue weighted by Crippen LogP contribution is 2.20. The van der Waals surface area contributed by atoms with Crippen LogP contribution in [0.3, 0.4) is 0 Å². The lowest BCUT2D eigenvalue weighted by molar-refractivity contribution is 0.0111. The summed E-state index contributed by atoms with van der Waals surface area (Å²) in [6, 6.07) is 0.719. The van der Waals surface area contributed by atoms with Gasteiger partial charge in [0.15, 0.2) is 0 Å². The first-order valence-corrected chi connectivity index (χ1v) is 9.78. The second kappa shape index (κ2) is 8.69. The summed E-state index contributed by atoms with van der Waals surface area (Å²) in [5, 5.41) is 12.9. The fourth-order valence-electron chi connectivity index (χ4n) is 3.79. The minimum Gasteiger partial charge on any atom is -0.444 e. The van der Waals surface area contributed by atoms with E-state index < -0.39 is 5.60 Å². The van der Waals surface area contributed by atoms with Crippen LogP contribution in [0, 0.1) is 5.92 Å². The number of alkyl carbamates (subject to hydrolysis) is 1. The number of hydrogen-bond donors (Lipinski definition) is 2. The van der Waals surface area contributed by atoms with E-state index in [0.29, 0.717) is 12.0 Å². The number of ether oxygens (including phenoxy) is 1. The number of likely N-dealkylation sites (tertiary alicyclic amines) is 2. The van der Waals surface area contributed by atoms with E-state index in [1.54, 1.807) is 0 Å². The van der Waals surface area contributed by atoms with Crippen molar-refractivity contribution in [2.75, 3.05) is 32.7 Å². The van der Waals surface area contributed by atoms with E-state index in [1.807, 2.05) is 20.8 Å². The van der Waals surface area contributed by atoms with Gasteiger partial charge in [0, 0.05) is 44.8 Å². The summed E-state index contributed by atoms with van der Waals surface area (Å²) < 4.78 is 5.34. The number of hydrogen-bond acceptors (Lipinski definition) is 5. The van der Waals surface area contributed by atoms with Crippen molar-refractivity contribution in [2.45, 2.75) is 77.7 Å². The smallest absolute Gasteiger partial charge is 0.407 e. The summed E-state index contributed by atoms with van der Waals surface area (Å²) in [7, 11) is 0. The molecule has 0 bridgehead atoms. The van der Waals surface area contributed by atoms with Gasteiger partial charge in [0.1, 0.15) is 5.60 Å². The lowest BCUT2D eigenvalue weighted by atomic mass is 9.95. The molecule has 2 N–H and O–H groups in total. The summed E-state index contributed by atoms with van der Waals surface area (Å²) in [6.07, 6.45) is 2.38. The molecule has 146 valence electrons. The van der Waals surface area contributed by atoms with Crippen LogP contribution in [-0.2, 0) is 4.74 Å². The molecule has 2 saturated heterocycles. The number of amides is 1. The maximum absolute atomic E-state index is 11.9. The summed E-state index contributed by atoms with van der Waals surface area (Å²) in [4.78, 5) is 16.9. The predicted octanol–water partition coefficient (Wildman–Crippen LogP) is 2.07. The molecule has 0 saturated carbocycles. The molecule has 0 unspecified atom stereocenters. The van der Waals surface area contributed by atoms with Gasteiger partial charge >= 0.3 is 6.09 Å². The zero-order valence-corrected chi connectivity index (χ0v) is 16.6. The molecule has 0 aromatic heterocycles. The second-order valence-corrected chi connectivity index (χ2v) is 8.90. The van der Waals surface area contributed by atoms with E-state index in [0.717, 1.165) is 52.0 Å². The van der Waals surface area contributed by atoms with Gasteiger partial charge in [0.05, 0.1) is 6.10 Å². The standard InChI is InChI=1S/C19H37N3O3/c1-14-12-22(11-8-17(14)23)15(2)13-21-9-6-16(7-10-21)20-18(24)25-19(3,4)5/h14-17,23H,6-13H2,1-5H3,(H,20,24)/t14-,15-,17-/m0/s1. The molecule has 25 heavy (non-hydrogen) atoms. The molecule has 0 spiro atoms. The SMILES string of the molecule is C[C@H]1CN([C@@H](C)CN2CCC(NC(=O)OC(C)(C)C)CC2)CC[C@@H]1O. The lowest BCUT2D eigenvalue weighted by Gasteiger charge is -2.41. The molecule has 0 aromatic rings. The maximum Gasteiger partial charge on any atom is 0.407 e. The van der Waals surface area contributed by atoms with E-state index in [4.69, 9.17) is 4.74 Å². The van der Waals surface area contributed by atoms with Gasteiger partial charge in [-0.05, 0) is 52.9 Å². The Morgan fingerprint density at radius 1 is 1.24 bits per heavy atom. The number of nitrogens with zero attached hydrogens (tertiary/aromatic N) is 2. The average molecular weight is 356 g/mol. The fourth-order valence-corrected chi connectivity index (χ4v) is 3.79. The van der Waals surface area contributed by atoms with Crippen molar-refractivity contribution in [3.63, 3.8) is 0 Å². The number of carbonyl (C=O) groups excluding carboxylic acids is 1. The molecule has 0 radical (unpaired) electrons. The van der Waals surface area contributed by atoms with Crippen molar-refractivity contribution in [3.05, 3.63) is 0 Å². The Kier molecular flexibility index (Phi) is 7.11. The molecule has 2 aliphatic rings. The Balaban J connectivity index is 1.69. The third-order valence-electron chi connectivity index (χ3n) is 5.35. The molecular weight excluding hydrogens is 318 g/mol. The third-order valence-corrected chi connectivity index (χ3v) is 5.35. The van der Waals surface area contributed by atoms with Crippen LogP contribution in [0.2, 0.25) is 0 Å². The van der Waals surface area contributed by atoms with Gasteiger partial charge in [-0.2, -0.15) is 0 Å². The minimum atomic E-state index is -0.445. The molecule has 2 aliphatic heterocycles. The van der Waals surface area contributed by atoms with Gasteiger partial charge in [-0.25, -0.2) is 4.79 Å². The van der Waals surface area contributed by atoms with Crippen LogP contribution < -0.4 is 5.32 Å². The van der Waals surface area contributed by atoms with Gasteiger partial charge in [0.2, 0.25) is 0 Å². The van der Waals surface area contributed by atoms with Crippen molar-refractivity contribution in [2.24, 2.45) is 5.92 Å². The zero-order valence-electron chi connectivity index (χ0n) is 16.6. The number of piperidine rings is 2. The highest BCUT2D eigenvalue weighted by molar-refractivity contribution is 5.68. The van der Waals surface area contributed by atoms with Crippen LogP contribution >= 0.6 is 0 Å². The Morgan fingerprint density at radius 3 is 2.44 bits per heavy atom. The van der Waals surface area contributed by atoms with Crippen LogP contribution in [0.5, 0.6) is 0 Å². The summed E-state index contributed by atoms with van der Waals surface area (Å²) in [5.41, 5.74) is -0.445. The quantitative estimate of drug-likeness (QED) is 0.808. The van der Waals surface area contributed by atoms with Gasteiger partial charge in [-0.3, -0.25) is 4.90 Å².